The molecule has 0 spiro atoms. The SMILES string of the molecule is C[Si]1(C)OC2O[Si](C)(C)O[Si]3(C)O[Si](C)(C)O[Si](C)(O1)O[Si](C)(O2)O3. The molecule has 2 unspecified atom stereocenters. The molecule has 3 rings (SSSR count). The van der Waals surface area contributed by atoms with E-state index in [4.69, 9.17) is 38.0 Å². The highest BCUT2D eigenvalue weighted by Gasteiger charge is 2.65. The Hall–Kier alpha value is 0.941. The zero-order valence-corrected chi connectivity index (χ0v) is 22.3. The minimum absolute atomic E-state index is 0.943. The number of hydrogen-bond donors (Lipinski definition) is 0. The predicted octanol–water partition coefficient (Wildman–Crippen LogP) is 2.27. The van der Waals surface area contributed by atoms with E-state index in [1.54, 1.807) is 6.55 Å². The topological polar surface area (TPSA) is 83.1 Å². The molecule has 0 aromatic rings. The molecule has 0 aliphatic carbocycles. The summed E-state index contributed by atoms with van der Waals surface area (Å²) in [5, 5.41) is 0. The third kappa shape index (κ3) is 4.87. The average Bonchev–Trinajstić information content (AvgIpc) is 2.13. The normalized spacial score (nSPS) is 48.6. The lowest BCUT2D eigenvalue weighted by molar-refractivity contribution is -0.201. The lowest BCUT2D eigenvalue weighted by atomic mass is 11.4. The van der Waals surface area contributed by atoms with Gasteiger partial charge in [-0.25, -0.2) is 0 Å². The summed E-state index contributed by atoms with van der Waals surface area (Å²) in [5.74, 6) is 0. The van der Waals surface area contributed by atoms with Gasteiger partial charge in [-0.1, -0.05) is 0 Å². The molecule has 25 heavy (non-hydrogen) atoms. The van der Waals surface area contributed by atoms with E-state index < -0.39 is 58.6 Å². The van der Waals surface area contributed by atoms with Gasteiger partial charge in [0.05, 0.1) is 0 Å². The van der Waals surface area contributed by atoms with E-state index >= 15 is 0 Å². The van der Waals surface area contributed by atoms with Crippen LogP contribution in [0.1, 0.15) is 0 Å². The fraction of sp³-hybridized carbons (Fsp3) is 1.00. The minimum atomic E-state index is -3.24. The molecule has 4 bridgehead atoms. The molecule has 3 saturated heterocycles. The maximum absolute atomic E-state index is 6.37. The molecule has 2 atom stereocenters. The summed E-state index contributed by atoms with van der Waals surface area (Å²) in [6.07, 6.45) is 0. The van der Waals surface area contributed by atoms with Crippen LogP contribution in [0.25, 0.3) is 0 Å². The van der Waals surface area contributed by atoms with Gasteiger partial charge < -0.3 is 38.0 Å². The smallest absolute Gasteiger partial charge is 0.395 e. The van der Waals surface area contributed by atoms with E-state index in [0.29, 0.717) is 0 Å². The third-order valence-corrected chi connectivity index (χ3v) is 25.4. The zero-order valence-electron chi connectivity index (χ0n) is 16.3. The molecule has 0 radical (unpaired) electrons. The van der Waals surface area contributed by atoms with Gasteiger partial charge in [-0.05, 0) is 39.3 Å². The predicted molar refractivity (Wildman–Crippen MR) is 101 cm³/mol. The van der Waals surface area contributed by atoms with Crippen LogP contribution >= 0.6 is 0 Å². The molecule has 3 fully saturated rings. The average molecular weight is 461 g/mol. The molecule has 0 amide bonds. The molecular formula is C10H28O9Si6. The summed E-state index contributed by atoms with van der Waals surface area (Å²) in [6, 6.07) is 0. The van der Waals surface area contributed by atoms with E-state index in [1.165, 1.54) is 0 Å². The molecule has 3 aliphatic heterocycles. The van der Waals surface area contributed by atoms with Crippen LogP contribution in [0.15, 0.2) is 0 Å². The van der Waals surface area contributed by atoms with Gasteiger partial charge in [-0.2, -0.15) is 0 Å². The molecule has 3 heterocycles. The fourth-order valence-electron chi connectivity index (χ4n) is 3.43. The van der Waals surface area contributed by atoms with E-state index in [2.05, 4.69) is 0 Å². The van der Waals surface area contributed by atoms with Crippen LogP contribution in [-0.2, 0) is 38.0 Å². The molecule has 0 N–H and O–H groups in total. The first-order chi connectivity index (χ1) is 11.0. The minimum Gasteiger partial charge on any atom is -0.395 e. The Morgan fingerprint density at radius 1 is 0.400 bits per heavy atom. The summed E-state index contributed by atoms with van der Waals surface area (Å²) in [6.45, 7) is 16.1. The molecule has 0 saturated carbocycles. The molecule has 0 aromatic carbocycles. The van der Waals surface area contributed by atoms with E-state index in [9.17, 15) is 0 Å². The molecular weight excluding hydrogens is 433 g/mol. The van der Waals surface area contributed by atoms with Crippen molar-refractivity contribution in [2.45, 2.75) is 65.4 Å². The Balaban J connectivity index is 2.11. The second-order valence-electron chi connectivity index (χ2n) is 8.04. The first kappa shape index (κ1) is 20.7. The lowest BCUT2D eigenvalue weighted by Gasteiger charge is -2.53. The molecule has 3 aliphatic rings. The van der Waals surface area contributed by atoms with Crippen LogP contribution in [0.3, 0.4) is 0 Å². The van der Waals surface area contributed by atoms with Crippen molar-refractivity contribution in [3.8, 4) is 0 Å². The second-order valence-corrected chi connectivity index (χ2v) is 27.2. The van der Waals surface area contributed by atoms with Gasteiger partial charge in [0.2, 0.25) is 6.48 Å². The van der Waals surface area contributed by atoms with Crippen molar-refractivity contribution >= 4 is 52.1 Å². The van der Waals surface area contributed by atoms with Crippen molar-refractivity contribution in [1.82, 2.24) is 0 Å². The van der Waals surface area contributed by atoms with Gasteiger partial charge in [0.15, 0.2) is 0 Å². The second kappa shape index (κ2) is 5.97. The van der Waals surface area contributed by atoms with Crippen molar-refractivity contribution in [2.24, 2.45) is 0 Å². The summed E-state index contributed by atoms with van der Waals surface area (Å²) >= 11 is 0. The van der Waals surface area contributed by atoms with E-state index in [1.807, 2.05) is 52.4 Å². The van der Waals surface area contributed by atoms with Gasteiger partial charge in [0.1, 0.15) is 0 Å². The van der Waals surface area contributed by atoms with Crippen molar-refractivity contribution in [3.05, 3.63) is 0 Å². The maximum Gasteiger partial charge on any atom is 0.486 e. The summed E-state index contributed by atoms with van der Waals surface area (Å²) in [5.41, 5.74) is 0. The van der Waals surface area contributed by atoms with Crippen LogP contribution in [-0.4, -0.2) is 58.6 Å². The Labute approximate surface area is 155 Å². The van der Waals surface area contributed by atoms with Gasteiger partial charge >= 0.3 is 52.1 Å². The highest BCUT2D eigenvalue weighted by molar-refractivity contribution is 6.93. The summed E-state index contributed by atoms with van der Waals surface area (Å²) < 4.78 is 56.3. The van der Waals surface area contributed by atoms with E-state index in [-0.39, 0.29) is 0 Å². The van der Waals surface area contributed by atoms with Gasteiger partial charge in [0, 0.05) is 19.6 Å². The van der Waals surface area contributed by atoms with Crippen molar-refractivity contribution < 1.29 is 38.0 Å². The zero-order chi connectivity index (χ0) is 18.9. The monoisotopic (exact) mass is 460 g/mol. The van der Waals surface area contributed by atoms with Gasteiger partial charge in [-0.3, -0.25) is 0 Å². The van der Waals surface area contributed by atoms with Crippen LogP contribution in [0, 0.1) is 0 Å². The summed E-state index contributed by atoms with van der Waals surface area (Å²) in [7, 11) is -17.4. The van der Waals surface area contributed by atoms with Crippen LogP contribution in [0.4, 0.5) is 0 Å². The molecule has 15 heteroatoms. The molecule has 9 nitrogen and oxygen atoms in total. The molecule has 146 valence electrons. The van der Waals surface area contributed by atoms with Gasteiger partial charge in [0.25, 0.3) is 0 Å². The maximum atomic E-state index is 6.37. The Bertz CT molecular complexity index is 521. The van der Waals surface area contributed by atoms with Crippen molar-refractivity contribution in [3.63, 3.8) is 0 Å². The largest absolute Gasteiger partial charge is 0.486 e. The number of fused-ring (bicyclic) bond motifs is 3. The van der Waals surface area contributed by atoms with E-state index in [0.717, 1.165) is 0 Å². The van der Waals surface area contributed by atoms with Crippen molar-refractivity contribution in [2.75, 3.05) is 0 Å². The third-order valence-electron chi connectivity index (χ3n) is 3.54. The van der Waals surface area contributed by atoms with Crippen LogP contribution in [0.5, 0.6) is 0 Å². The highest BCUT2D eigenvalue weighted by atomic mass is 28.6. The quantitative estimate of drug-likeness (QED) is 0.505. The van der Waals surface area contributed by atoms with Crippen molar-refractivity contribution in [1.29, 1.82) is 0 Å². The Morgan fingerprint density at radius 2 is 0.760 bits per heavy atom. The lowest BCUT2D eigenvalue weighted by Crippen LogP contribution is -2.75. The van der Waals surface area contributed by atoms with Crippen LogP contribution in [0.2, 0.25) is 58.9 Å². The first-order valence-electron chi connectivity index (χ1n) is 8.27. The number of hydrogen-bond acceptors (Lipinski definition) is 9. The highest BCUT2D eigenvalue weighted by Crippen LogP contribution is 2.39. The fourth-order valence-corrected chi connectivity index (χ4v) is 30.1. The molecule has 0 aromatic heterocycles. The summed E-state index contributed by atoms with van der Waals surface area (Å²) in [4.78, 5) is 0. The number of rotatable bonds is 0. The van der Waals surface area contributed by atoms with Gasteiger partial charge in [-0.15, -0.1) is 0 Å². The van der Waals surface area contributed by atoms with Crippen LogP contribution < -0.4 is 0 Å². The Morgan fingerprint density at radius 3 is 1.16 bits per heavy atom. The standard InChI is InChI=1S/C10H28O9Si6/c1-20(2)11-10-12-21(3,4)15-25(9)17-22(5,6)16-24(8,14-20)18-23(7,13-10)19-25/h10H,1-9H3. The first-order valence-corrected chi connectivity index (χ1v) is 23.4. The Kier molecular flexibility index (Phi) is 4.93.